The second-order valence-corrected chi connectivity index (χ2v) is 7.80. The van der Waals surface area contributed by atoms with Crippen LogP contribution in [0.15, 0.2) is 48.9 Å². The Morgan fingerprint density at radius 2 is 1.55 bits per heavy atom. The monoisotopic (exact) mass is 390 g/mol. The van der Waals surface area contributed by atoms with E-state index in [1.54, 1.807) is 6.33 Å². The molecule has 2 fully saturated rings. The maximum atomic E-state index is 12.8. The molecule has 7 heteroatoms. The summed E-state index contributed by atoms with van der Waals surface area (Å²) in [4.78, 5) is 28.3. The Kier molecular flexibility index (Phi) is 4.79. The zero-order valence-electron chi connectivity index (χ0n) is 16.6. The van der Waals surface area contributed by atoms with E-state index < -0.39 is 0 Å². The van der Waals surface area contributed by atoms with Gasteiger partial charge in [0, 0.05) is 57.0 Å². The predicted molar refractivity (Wildman–Crippen MR) is 114 cm³/mol. The average molecular weight is 390 g/mol. The lowest BCUT2D eigenvalue weighted by atomic mass is 10.2. The van der Waals surface area contributed by atoms with Crippen molar-refractivity contribution in [3.8, 4) is 0 Å². The first-order chi connectivity index (χ1) is 14.3. The second kappa shape index (κ2) is 7.73. The van der Waals surface area contributed by atoms with E-state index in [1.807, 2.05) is 27.8 Å². The molecule has 29 heavy (non-hydrogen) atoms. The number of hydrogen-bond donors (Lipinski definition) is 0. The number of para-hydroxylation sites is 1. The van der Waals surface area contributed by atoms with Crippen LogP contribution in [0.4, 0.5) is 11.6 Å². The van der Waals surface area contributed by atoms with Crippen LogP contribution in [-0.2, 0) is 11.3 Å². The number of aromatic nitrogens is 3. The highest BCUT2D eigenvalue weighted by atomic mass is 16.2. The molecule has 2 aliphatic heterocycles. The molecule has 7 nitrogen and oxygen atoms in total. The Bertz CT molecular complexity index is 1000. The zero-order chi connectivity index (χ0) is 19.6. The highest BCUT2D eigenvalue weighted by Crippen LogP contribution is 2.22. The molecule has 0 unspecified atom stereocenters. The van der Waals surface area contributed by atoms with Gasteiger partial charge < -0.3 is 19.3 Å². The summed E-state index contributed by atoms with van der Waals surface area (Å²) in [6.45, 7) is 5.59. The fourth-order valence-electron chi connectivity index (χ4n) is 4.34. The summed E-state index contributed by atoms with van der Waals surface area (Å²) in [6, 6.07) is 12.3. The van der Waals surface area contributed by atoms with Crippen molar-refractivity contribution in [3.05, 3.63) is 48.9 Å². The second-order valence-electron chi connectivity index (χ2n) is 7.80. The van der Waals surface area contributed by atoms with Crippen molar-refractivity contribution in [1.29, 1.82) is 0 Å². The number of rotatable bonds is 4. The number of piperazine rings is 1. The molecular formula is C22H26N6O. The minimum atomic E-state index is 0.173. The lowest BCUT2D eigenvalue weighted by Crippen LogP contribution is -2.49. The SMILES string of the molecule is O=C(Cn1ccc2ccccc21)N1CCN(c2cc(N3CCCC3)ncn2)CC1. The number of amides is 1. The van der Waals surface area contributed by atoms with E-state index in [2.05, 4.69) is 44.0 Å². The molecule has 150 valence electrons. The highest BCUT2D eigenvalue weighted by Gasteiger charge is 2.23. The van der Waals surface area contributed by atoms with E-state index in [4.69, 9.17) is 0 Å². The van der Waals surface area contributed by atoms with Gasteiger partial charge in [0.15, 0.2) is 0 Å². The number of carbonyl (C=O) groups is 1. The van der Waals surface area contributed by atoms with Gasteiger partial charge in [0.1, 0.15) is 24.5 Å². The first kappa shape index (κ1) is 18.0. The summed E-state index contributed by atoms with van der Waals surface area (Å²) in [5.41, 5.74) is 1.11. The number of anilines is 2. The summed E-state index contributed by atoms with van der Waals surface area (Å²) >= 11 is 0. The van der Waals surface area contributed by atoms with E-state index in [0.717, 1.165) is 56.4 Å². The number of hydrogen-bond acceptors (Lipinski definition) is 5. The van der Waals surface area contributed by atoms with Crippen LogP contribution >= 0.6 is 0 Å². The molecule has 0 radical (unpaired) electrons. The van der Waals surface area contributed by atoms with E-state index in [0.29, 0.717) is 6.54 Å². The molecule has 0 aliphatic carbocycles. The molecule has 0 spiro atoms. The Balaban J connectivity index is 1.21. The fraction of sp³-hybridized carbons (Fsp3) is 0.409. The third-order valence-electron chi connectivity index (χ3n) is 6.01. The molecule has 0 atom stereocenters. The zero-order valence-corrected chi connectivity index (χ0v) is 16.6. The van der Waals surface area contributed by atoms with Crippen LogP contribution in [0.3, 0.4) is 0 Å². The Morgan fingerprint density at radius 3 is 2.31 bits per heavy atom. The molecule has 2 aromatic heterocycles. The Labute approximate surface area is 170 Å². The fourth-order valence-corrected chi connectivity index (χ4v) is 4.34. The molecule has 0 bridgehead atoms. The topological polar surface area (TPSA) is 57.5 Å². The minimum Gasteiger partial charge on any atom is -0.356 e. The lowest BCUT2D eigenvalue weighted by Gasteiger charge is -2.35. The number of fused-ring (bicyclic) bond motifs is 1. The predicted octanol–water partition coefficient (Wildman–Crippen LogP) is 2.38. The molecule has 1 amide bonds. The van der Waals surface area contributed by atoms with Crippen LogP contribution in [0, 0.1) is 0 Å². The van der Waals surface area contributed by atoms with Crippen molar-refractivity contribution < 1.29 is 4.79 Å². The van der Waals surface area contributed by atoms with Crippen LogP contribution in [0.2, 0.25) is 0 Å². The average Bonchev–Trinajstić information content (AvgIpc) is 3.45. The van der Waals surface area contributed by atoms with Gasteiger partial charge in [0.25, 0.3) is 0 Å². The summed E-state index contributed by atoms with van der Waals surface area (Å²) in [6.07, 6.45) is 6.13. The van der Waals surface area contributed by atoms with Crippen LogP contribution < -0.4 is 9.80 Å². The van der Waals surface area contributed by atoms with E-state index in [1.165, 1.54) is 18.2 Å². The van der Waals surface area contributed by atoms with Gasteiger partial charge in [-0.05, 0) is 30.4 Å². The standard InChI is InChI=1S/C22H26N6O/c29-22(16-28-10-7-18-5-1-2-6-19(18)28)27-13-11-26(12-14-27)21-15-20(23-17-24-21)25-8-3-4-9-25/h1-2,5-7,10,15,17H,3-4,8-9,11-14,16H2. The van der Waals surface area contributed by atoms with E-state index in [9.17, 15) is 4.79 Å². The maximum absolute atomic E-state index is 12.8. The summed E-state index contributed by atoms with van der Waals surface area (Å²) < 4.78 is 2.04. The highest BCUT2D eigenvalue weighted by molar-refractivity contribution is 5.83. The van der Waals surface area contributed by atoms with Gasteiger partial charge in [-0.25, -0.2) is 9.97 Å². The summed E-state index contributed by atoms with van der Waals surface area (Å²) in [5.74, 6) is 2.15. The molecule has 2 saturated heterocycles. The van der Waals surface area contributed by atoms with Crippen molar-refractivity contribution in [2.75, 3.05) is 49.1 Å². The molecular weight excluding hydrogens is 364 g/mol. The van der Waals surface area contributed by atoms with E-state index >= 15 is 0 Å². The molecule has 1 aromatic carbocycles. The van der Waals surface area contributed by atoms with E-state index in [-0.39, 0.29) is 5.91 Å². The van der Waals surface area contributed by atoms with Crippen molar-refractivity contribution >= 4 is 28.4 Å². The van der Waals surface area contributed by atoms with Gasteiger partial charge in [0.2, 0.25) is 5.91 Å². The normalized spacial score (nSPS) is 17.3. The largest absolute Gasteiger partial charge is 0.356 e. The quantitative estimate of drug-likeness (QED) is 0.685. The minimum absolute atomic E-state index is 0.173. The Morgan fingerprint density at radius 1 is 0.862 bits per heavy atom. The van der Waals surface area contributed by atoms with Crippen LogP contribution in [0.5, 0.6) is 0 Å². The summed E-state index contributed by atoms with van der Waals surface area (Å²) in [7, 11) is 0. The van der Waals surface area contributed by atoms with Crippen LogP contribution in [0.25, 0.3) is 10.9 Å². The molecule has 4 heterocycles. The third kappa shape index (κ3) is 3.64. The van der Waals surface area contributed by atoms with Gasteiger partial charge in [0.05, 0.1) is 0 Å². The third-order valence-corrected chi connectivity index (χ3v) is 6.01. The van der Waals surface area contributed by atoms with Gasteiger partial charge in [-0.3, -0.25) is 4.79 Å². The van der Waals surface area contributed by atoms with Gasteiger partial charge in [-0.2, -0.15) is 0 Å². The van der Waals surface area contributed by atoms with Crippen molar-refractivity contribution in [3.63, 3.8) is 0 Å². The van der Waals surface area contributed by atoms with Crippen LogP contribution in [-0.4, -0.2) is 64.6 Å². The smallest absolute Gasteiger partial charge is 0.242 e. The Hall–Kier alpha value is -3.09. The number of benzene rings is 1. The van der Waals surface area contributed by atoms with Crippen LogP contribution in [0.1, 0.15) is 12.8 Å². The molecule has 2 aliphatic rings. The molecule has 0 N–H and O–H groups in total. The van der Waals surface area contributed by atoms with Crippen molar-refractivity contribution in [2.45, 2.75) is 19.4 Å². The van der Waals surface area contributed by atoms with Gasteiger partial charge in [-0.15, -0.1) is 0 Å². The summed E-state index contributed by atoms with van der Waals surface area (Å²) in [5, 5.41) is 1.17. The number of nitrogens with zero attached hydrogens (tertiary/aromatic N) is 6. The first-order valence-corrected chi connectivity index (χ1v) is 10.4. The maximum Gasteiger partial charge on any atom is 0.242 e. The number of carbonyl (C=O) groups excluding carboxylic acids is 1. The molecule has 5 rings (SSSR count). The van der Waals surface area contributed by atoms with Crippen molar-refractivity contribution in [1.82, 2.24) is 19.4 Å². The molecule has 0 saturated carbocycles. The van der Waals surface area contributed by atoms with Gasteiger partial charge in [-0.1, -0.05) is 18.2 Å². The molecule has 3 aromatic rings. The lowest BCUT2D eigenvalue weighted by molar-refractivity contribution is -0.132. The van der Waals surface area contributed by atoms with Crippen molar-refractivity contribution in [2.24, 2.45) is 0 Å². The van der Waals surface area contributed by atoms with Gasteiger partial charge >= 0.3 is 0 Å². The first-order valence-electron chi connectivity index (χ1n) is 10.4.